The lowest BCUT2D eigenvalue weighted by molar-refractivity contribution is 0.463. The summed E-state index contributed by atoms with van der Waals surface area (Å²) in [5.74, 6) is 0.891. The van der Waals surface area contributed by atoms with Crippen molar-refractivity contribution in [3.63, 3.8) is 0 Å². The van der Waals surface area contributed by atoms with E-state index in [1.54, 1.807) is 0 Å². The van der Waals surface area contributed by atoms with Crippen LogP contribution in [0.2, 0.25) is 0 Å². The summed E-state index contributed by atoms with van der Waals surface area (Å²) in [6, 6.07) is 8.85. The minimum absolute atomic E-state index is 0.471. The number of guanidine groups is 1. The monoisotopic (exact) mass is 357 g/mol. The van der Waals surface area contributed by atoms with Crippen LogP contribution in [-0.2, 0) is 6.54 Å². The Bertz CT molecular complexity index is 675. The maximum Gasteiger partial charge on any atom is 0.191 e. The molecule has 1 fully saturated rings. The first kappa shape index (κ1) is 17.7. The number of aryl methyl sites for hydroxylation is 1. The number of rotatable bonds is 5. The number of hydrogen-bond acceptors (Lipinski definition) is 4. The highest BCUT2D eigenvalue weighted by atomic mass is 32.1. The molecule has 2 N–H and O–H groups in total. The van der Waals surface area contributed by atoms with E-state index in [0.717, 1.165) is 44.1 Å². The standard InChI is InChI=1S/C19H27N5S/c1-3-20-19(22-14-17-15(2)6-4-10-21-17)23-16-8-11-24(12-9-16)18-7-5-13-25-18/h4-7,10,13,16H,3,8-9,11-12,14H2,1-2H3,(H2,20,22,23). The molecular weight excluding hydrogens is 330 g/mol. The molecule has 0 bridgehead atoms. The first-order chi connectivity index (χ1) is 12.3. The van der Waals surface area contributed by atoms with Crippen LogP contribution in [0.15, 0.2) is 40.8 Å². The molecule has 134 valence electrons. The average Bonchev–Trinajstić information content (AvgIpc) is 3.16. The highest BCUT2D eigenvalue weighted by Crippen LogP contribution is 2.24. The van der Waals surface area contributed by atoms with Gasteiger partial charge in [0.05, 0.1) is 17.2 Å². The summed E-state index contributed by atoms with van der Waals surface area (Å²) in [5.41, 5.74) is 2.22. The molecule has 0 unspecified atom stereocenters. The lowest BCUT2D eigenvalue weighted by Gasteiger charge is -2.33. The largest absolute Gasteiger partial charge is 0.363 e. The van der Waals surface area contributed by atoms with E-state index in [9.17, 15) is 0 Å². The molecule has 0 amide bonds. The van der Waals surface area contributed by atoms with Gasteiger partial charge in [-0.25, -0.2) is 4.99 Å². The van der Waals surface area contributed by atoms with Crippen molar-refractivity contribution in [3.05, 3.63) is 47.1 Å². The van der Waals surface area contributed by atoms with E-state index in [0.29, 0.717) is 12.6 Å². The van der Waals surface area contributed by atoms with Crippen LogP contribution in [0.25, 0.3) is 0 Å². The third kappa shape index (κ3) is 4.95. The van der Waals surface area contributed by atoms with Gasteiger partial charge in [0.25, 0.3) is 0 Å². The van der Waals surface area contributed by atoms with Crippen molar-refractivity contribution in [2.75, 3.05) is 24.5 Å². The number of piperidine rings is 1. The van der Waals surface area contributed by atoms with Crippen molar-refractivity contribution in [1.29, 1.82) is 0 Å². The molecule has 0 atom stereocenters. The number of anilines is 1. The smallest absolute Gasteiger partial charge is 0.191 e. The fourth-order valence-corrected chi connectivity index (χ4v) is 3.83. The maximum atomic E-state index is 4.73. The summed E-state index contributed by atoms with van der Waals surface area (Å²) in [6.07, 6.45) is 4.09. The minimum atomic E-state index is 0.471. The molecule has 3 heterocycles. The number of aliphatic imine (C=N–C) groups is 1. The predicted molar refractivity (Wildman–Crippen MR) is 106 cm³/mol. The fraction of sp³-hybridized carbons (Fsp3) is 0.474. The number of aromatic nitrogens is 1. The lowest BCUT2D eigenvalue weighted by Crippen LogP contribution is -2.48. The molecule has 1 aliphatic heterocycles. The van der Waals surface area contributed by atoms with Crippen LogP contribution in [0.1, 0.15) is 31.0 Å². The van der Waals surface area contributed by atoms with Gasteiger partial charge >= 0.3 is 0 Å². The number of nitrogens with zero attached hydrogens (tertiary/aromatic N) is 3. The topological polar surface area (TPSA) is 52.6 Å². The number of thiophene rings is 1. The van der Waals surface area contributed by atoms with Gasteiger partial charge in [-0.1, -0.05) is 6.07 Å². The molecule has 3 rings (SSSR count). The van der Waals surface area contributed by atoms with Crippen molar-refractivity contribution in [1.82, 2.24) is 15.6 Å². The van der Waals surface area contributed by atoms with Crippen LogP contribution < -0.4 is 15.5 Å². The molecule has 25 heavy (non-hydrogen) atoms. The number of hydrogen-bond donors (Lipinski definition) is 2. The molecule has 0 aromatic carbocycles. The highest BCUT2D eigenvalue weighted by molar-refractivity contribution is 7.14. The van der Waals surface area contributed by atoms with E-state index < -0.39 is 0 Å². The second-order valence-corrected chi connectivity index (χ2v) is 7.25. The third-order valence-electron chi connectivity index (χ3n) is 4.50. The van der Waals surface area contributed by atoms with Crippen LogP contribution in [0, 0.1) is 6.92 Å². The van der Waals surface area contributed by atoms with Crippen molar-refractivity contribution < 1.29 is 0 Å². The van der Waals surface area contributed by atoms with Gasteiger partial charge in [0.2, 0.25) is 0 Å². The Morgan fingerprint density at radius 2 is 2.16 bits per heavy atom. The minimum Gasteiger partial charge on any atom is -0.363 e. The van der Waals surface area contributed by atoms with Gasteiger partial charge in [-0.05, 0) is 55.8 Å². The van der Waals surface area contributed by atoms with Crippen LogP contribution in [0.3, 0.4) is 0 Å². The molecule has 0 aliphatic carbocycles. The van der Waals surface area contributed by atoms with E-state index in [-0.39, 0.29) is 0 Å². The zero-order valence-corrected chi connectivity index (χ0v) is 15.9. The fourth-order valence-electron chi connectivity index (χ4n) is 3.05. The first-order valence-electron chi connectivity index (χ1n) is 9.00. The van der Waals surface area contributed by atoms with Crippen LogP contribution in [-0.4, -0.2) is 36.6 Å². The highest BCUT2D eigenvalue weighted by Gasteiger charge is 2.20. The van der Waals surface area contributed by atoms with Crippen LogP contribution in [0.5, 0.6) is 0 Å². The quantitative estimate of drug-likeness (QED) is 0.637. The van der Waals surface area contributed by atoms with Gasteiger partial charge in [-0.2, -0.15) is 0 Å². The molecule has 5 nitrogen and oxygen atoms in total. The molecular formula is C19H27N5S. The van der Waals surface area contributed by atoms with E-state index in [4.69, 9.17) is 4.99 Å². The summed E-state index contributed by atoms with van der Waals surface area (Å²) in [5, 5.41) is 10.5. The Hall–Kier alpha value is -2.08. The second kappa shape index (κ2) is 8.85. The molecule has 1 saturated heterocycles. The predicted octanol–water partition coefficient (Wildman–Crippen LogP) is 3.18. The summed E-state index contributed by atoms with van der Waals surface area (Å²) in [7, 11) is 0. The van der Waals surface area contributed by atoms with E-state index >= 15 is 0 Å². The van der Waals surface area contributed by atoms with Crippen molar-refractivity contribution in [3.8, 4) is 0 Å². The van der Waals surface area contributed by atoms with Gasteiger partial charge in [0.15, 0.2) is 5.96 Å². The molecule has 0 radical (unpaired) electrons. The van der Waals surface area contributed by atoms with E-state index in [1.165, 1.54) is 10.6 Å². The Morgan fingerprint density at radius 3 is 2.84 bits per heavy atom. The van der Waals surface area contributed by atoms with Crippen molar-refractivity contribution in [2.24, 2.45) is 4.99 Å². The summed E-state index contributed by atoms with van der Waals surface area (Å²) >= 11 is 1.82. The molecule has 1 aliphatic rings. The molecule has 6 heteroatoms. The summed E-state index contributed by atoms with van der Waals surface area (Å²) in [6.45, 7) is 7.84. The maximum absolute atomic E-state index is 4.73. The first-order valence-corrected chi connectivity index (χ1v) is 9.88. The number of nitrogens with one attached hydrogen (secondary N) is 2. The van der Waals surface area contributed by atoms with Crippen LogP contribution in [0.4, 0.5) is 5.00 Å². The molecule has 0 spiro atoms. The van der Waals surface area contributed by atoms with Crippen LogP contribution >= 0.6 is 11.3 Å². The summed E-state index contributed by atoms with van der Waals surface area (Å²) in [4.78, 5) is 11.6. The lowest BCUT2D eigenvalue weighted by atomic mass is 10.1. The zero-order valence-electron chi connectivity index (χ0n) is 15.0. The van der Waals surface area contributed by atoms with Crippen molar-refractivity contribution >= 4 is 22.3 Å². The van der Waals surface area contributed by atoms with Gasteiger partial charge < -0.3 is 15.5 Å². The summed E-state index contributed by atoms with van der Waals surface area (Å²) < 4.78 is 0. The van der Waals surface area contributed by atoms with Gasteiger partial charge in [0.1, 0.15) is 0 Å². The number of pyridine rings is 1. The zero-order chi connectivity index (χ0) is 17.5. The van der Waals surface area contributed by atoms with E-state index in [2.05, 4.69) is 57.9 Å². The third-order valence-corrected chi connectivity index (χ3v) is 5.43. The average molecular weight is 358 g/mol. The Labute approximate surface area is 154 Å². The second-order valence-electron chi connectivity index (χ2n) is 6.32. The molecule has 0 saturated carbocycles. The van der Waals surface area contributed by atoms with Gasteiger partial charge in [0, 0.05) is 31.9 Å². The Kier molecular flexibility index (Phi) is 6.28. The normalized spacial score (nSPS) is 16.1. The Morgan fingerprint density at radius 1 is 1.32 bits per heavy atom. The SMILES string of the molecule is CCNC(=NCc1ncccc1C)NC1CCN(c2cccs2)CC1. The van der Waals surface area contributed by atoms with Gasteiger partial charge in [-0.15, -0.1) is 11.3 Å². The van der Waals surface area contributed by atoms with E-state index in [1.807, 2.05) is 23.6 Å². The Balaban J connectivity index is 1.55. The van der Waals surface area contributed by atoms with Gasteiger partial charge in [-0.3, -0.25) is 4.98 Å². The van der Waals surface area contributed by atoms with Crippen molar-refractivity contribution in [2.45, 2.75) is 39.3 Å². The molecule has 2 aromatic rings. The molecule has 2 aromatic heterocycles.